The third-order valence-corrected chi connectivity index (χ3v) is 2.40. The van der Waals surface area contributed by atoms with Crippen LogP contribution in [0.15, 0.2) is 53.8 Å². The summed E-state index contributed by atoms with van der Waals surface area (Å²) in [5.74, 6) is 0. The summed E-state index contributed by atoms with van der Waals surface area (Å²) < 4.78 is 2.08. The van der Waals surface area contributed by atoms with Gasteiger partial charge in [-0.2, -0.15) is 0 Å². The first-order valence-electron chi connectivity index (χ1n) is 4.98. The zero-order chi connectivity index (χ0) is 10.7. The van der Waals surface area contributed by atoms with E-state index in [1.807, 2.05) is 24.5 Å². The van der Waals surface area contributed by atoms with E-state index in [-0.39, 0.29) is 0 Å². The molecule has 1 heterocycles. The molecule has 0 N–H and O–H groups in total. The van der Waals surface area contributed by atoms with Gasteiger partial charge in [-0.15, -0.1) is 0 Å². The molecule has 1 aromatic carbocycles. The van der Waals surface area contributed by atoms with Crippen LogP contribution in [0.25, 0.3) is 5.69 Å². The standard InChI is InChI=1S/C13H14N2/c1-11-3-5-13(6-4-11)15-9-7-12(14-2)8-10-15/h3-10H,1-2H3. The zero-order valence-electron chi connectivity index (χ0n) is 9.01. The lowest BCUT2D eigenvalue weighted by Gasteiger charge is -2.05. The van der Waals surface area contributed by atoms with Gasteiger partial charge in [-0.25, -0.2) is 0 Å². The Morgan fingerprint density at radius 1 is 0.933 bits per heavy atom. The van der Waals surface area contributed by atoms with Gasteiger partial charge in [0.25, 0.3) is 0 Å². The Morgan fingerprint density at radius 2 is 1.53 bits per heavy atom. The molecule has 1 aromatic heterocycles. The Bertz CT molecular complexity index is 486. The number of hydrogen-bond donors (Lipinski definition) is 0. The number of aryl methyl sites for hydroxylation is 1. The third-order valence-electron chi connectivity index (χ3n) is 2.40. The van der Waals surface area contributed by atoms with Gasteiger partial charge in [-0.3, -0.25) is 4.99 Å². The van der Waals surface area contributed by atoms with Crippen molar-refractivity contribution in [1.29, 1.82) is 0 Å². The second kappa shape index (κ2) is 4.13. The number of hydrogen-bond acceptors (Lipinski definition) is 1. The van der Waals surface area contributed by atoms with Crippen molar-refractivity contribution in [1.82, 2.24) is 4.57 Å². The fourth-order valence-corrected chi connectivity index (χ4v) is 1.46. The Morgan fingerprint density at radius 3 is 2.07 bits per heavy atom. The fraction of sp³-hybridized carbons (Fsp3) is 0.154. The summed E-state index contributed by atoms with van der Waals surface area (Å²) in [5, 5.41) is 0.998. The van der Waals surface area contributed by atoms with E-state index < -0.39 is 0 Å². The van der Waals surface area contributed by atoms with Crippen LogP contribution in [0.2, 0.25) is 0 Å². The maximum Gasteiger partial charge on any atom is 0.0600 e. The highest BCUT2D eigenvalue weighted by Gasteiger charge is 1.92. The molecular weight excluding hydrogens is 184 g/mol. The lowest BCUT2D eigenvalue weighted by molar-refractivity contribution is 1.03. The molecule has 0 bridgehead atoms. The Kier molecular flexibility index (Phi) is 2.68. The molecule has 0 fully saturated rings. The molecule has 0 amide bonds. The number of aromatic nitrogens is 1. The quantitative estimate of drug-likeness (QED) is 0.669. The minimum Gasteiger partial charge on any atom is -0.324 e. The van der Waals surface area contributed by atoms with Crippen LogP contribution in [0.3, 0.4) is 0 Å². The second-order valence-corrected chi connectivity index (χ2v) is 3.52. The van der Waals surface area contributed by atoms with Crippen molar-refractivity contribution in [3.63, 3.8) is 0 Å². The maximum atomic E-state index is 4.11. The molecule has 0 aliphatic heterocycles. The molecule has 0 aliphatic carbocycles. The monoisotopic (exact) mass is 198 g/mol. The van der Waals surface area contributed by atoms with E-state index >= 15 is 0 Å². The van der Waals surface area contributed by atoms with Crippen molar-refractivity contribution in [3.05, 3.63) is 59.7 Å². The van der Waals surface area contributed by atoms with Crippen molar-refractivity contribution in [3.8, 4) is 5.69 Å². The lowest BCUT2D eigenvalue weighted by Crippen LogP contribution is -2.03. The van der Waals surface area contributed by atoms with E-state index in [2.05, 4.69) is 40.7 Å². The molecule has 2 aromatic rings. The van der Waals surface area contributed by atoms with Crippen LogP contribution >= 0.6 is 0 Å². The van der Waals surface area contributed by atoms with Crippen LogP contribution in [0.4, 0.5) is 0 Å². The van der Waals surface area contributed by atoms with Gasteiger partial charge in [0.15, 0.2) is 0 Å². The molecule has 2 rings (SSSR count). The van der Waals surface area contributed by atoms with Crippen LogP contribution in [0, 0.1) is 6.92 Å². The molecule has 76 valence electrons. The Labute approximate surface area is 89.5 Å². The van der Waals surface area contributed by atoms with Gasteiger partial charge in [0.2, 0.25) is 0 Å². The first-order valence-corrected chi connectivity index (χ1v) is 4.98. The van der Waals surface area contributed by atoms with Gasteiger partial charge < -0.3 is 4.57 Å². The fourth-order valence-electron chi connectivity index (χ4n) is 1.46. The summed E-state index contributed by atoms with van der Waals surface area (Å²) in [5.41, 5.74) is 2.45. The average molecular weight is 198 g/mol. The van der Waals surface area contributed by atoms with Crippen molar-refractivity contribution >= 4 is 0 Å². The molecular formula is C13H14N2. The van der Waals surface area contributed by atoms with Crippen LogP contribution in [0.1, 0.15) is 5.56 Å². The van der Waals surface area contributed by atoms with Crippen molar-refractivity contribution in [2.75, 3.05) is 7.05 Å². The van der Waals surface area contributed by atoms with E-state index in [0.717, 1.165) is 5.36 Å². The molecule has 0 unspecified atom stereocenters. The van der Waals surface area contributed by atoms with Crippen molar-refractivity contribution in [2.45, 2.75) is 6.92 Å². The smallest absolute Gasteiger partial charge is 0.0600 e. The number of nitrogens with zero attached hydrogens (tertiary/aromatic N) is 2. The minimum atomic E-state index is 0.998. The van der Waals surface area contributed by atoms with Crippen LogP contribution < -0.4 is 5.36 Å². The third kappa shape index (κ3) is 2.15. The number of benzene rings is 1. The Balaban J connectivity index is 2.41. The van der Waals surface area contributed by atoms with E-state index in [1.54, 1.807) is 7.05 Å². The van der Waals surface area contributed by atoms with E-state index in [9.17, 15) is 0 Å². The van der Waals surface area contributed by atoms with Gasteiger partial charge in [-0.1, -0.05) is 17.7 Å². The molecule has 0 saturated carbocycles. The van der Waals surface area contributed by atoms with Gasteiger partial charge in [0, 0.05) is 25.1 Å². The summed E-state index contributed by atoms with van der Waals surface area (Å²) >= 11 is 0. The highest BCUT2D eigenvalue weighted by atomic mass is 14.9. The largest absolute Gasteiger partial charge is 0.324 e. The highest BCUT2D eigenvalue weighted by Crippen LogP contribution is 2.07. The summed E-state index contributed by atoms with van der Waals surface area (Å²) in [6, 6.07) is 12.4. The lowest BCUT2D eigenvalue weighted by atomic mass is 10.2. The summed E-state index contributed by atoms with van der Waals surface area (Å²) in [6.45, 7) is 2.09. The number of rotatable bonds is 1. The van der Waals surface area contributed by atoms with Gasteiger partial charge in [0.1, 0.15) is 0 Å². The summed E-state index contributed by atoms with van der Waals surface area (Å²) in [7, 11) is 1.80. The van der Waals surface area contributed by atoms with Crippen LogP contribution in [0.5, 0.6) is 0 Å². The molecule has 0 atom stereocenters. The van der Waals surface area contributed by atoms with Crippen LogP contribution in [-0.4, -0.2) is 11.6 Å². The van der Waals surface area contributed by atoms with Gasteiger partial charge in [-0.05, 0) is 31.2 Å². The normalized spacial score (nSPS) is 10.0. The molecule has 15 heavy (non-hydrogen) atoms. The Hall–Kier alpha value is -1.83. The molecule has 0 radical (unpaired) electrons. The SMILES string of the molecule is CN=c1ccn(-c2ccc(C)cc2)cc1. The second-order valence-electron chi connectivity index (χ2n) is 3.52. The maximum absolute atomic E-state index is 4.11. The predicted octanol–water partition coefficient (Wildman–Crippen LogP) is 2.32. The topological polar surface area (TPSA) is 17.3 Å². The van der Waals surface area contributed by atoms with Gasteiger partial charge >= 0.3 is 0 Å². The van der Waals surface area contributed by atoms with E-state index in [1.165, 1.54) is 11.3 Å². The van der Waals surface area contributed by atoms with E-state index in [4.69, 9.17) is 0 Å². The van der Waals surface area contributed by atoms with Crippen molar-refractivity contribution in [2.24, 2.45) is 4.99 Å². The average Bonchev–Trinajstić information content (AvgIpc) is 2.30. The highest BCUT2D eigenvalue weighted by molar-refractivity contribution is 5.34. The van der Waals surface area contributed by atoms with Crippen molar-refractivity contribution < 1.29 is 0 Å². The molecule has 2 nitrogen and oxygen atoms in total. The molecule has 0 spiro atoms. The molecule has 0 saturated heterocycles. The number of pyridine rings is 1. The summed E-state index contributed by atoms with van der Waals surface area (Å²) in [6.07, 6.45) is 4.04. The summed E-state index contributed by atoms with van der Waals surface area (Å²) in [4.78, 5) is 4.11. The molecule has 0 aliphatic rings. The predicted molar refractivity (Wildman–Crippen MR) is 62.0 cm³/mol. The van der Waals surface area contributed by atoms with E-state index in [0.29, 0.717) is 0 Å². The first-order chi connectivity index (χ1) is 7.29. The zero-order valence-corrected chi connectivity index (χ0v) is 9.01. The molecule has 2 heteroatoms. The van der Waals surface area contributed by atoms with Crippen LogP contribution in [-0.2, 0) is 0 Å². The first kappa shape index (κ1) is 9.71. The minimum absolute atomic E-state index is 0.998. The van der Waals surface area contributed by atoms with Gasteiger partial charge in [0.05, 0.1) is 5.36 Å².